The van der Waals surface area contributed by atoms with Crippen molar-refractivity contribution in [2.45, 2.75) is 0 Å². The third kappa shape index (κ3) is 2.52. The van der Waals surface area contributed by atoms with Gasteiger partial charge in [-0.15, -0.1) is 0 Å². The summed E-state index contributed by atoms with van der Waals surface area (Å²) >= 11 is 11.6. The van der Waals surface area contributed by atoms with Crippen molar-refractivity contribution < 1.29 is 8.78 Å². The summed E-state index contributed by atoms with van der Waals surface area (Å²) in [6.07, 6.45) is 0. The molecular weight excluding hydrogens is 283 g/mol. The molecule has 0 saturated carbocycles. The van der Waals surface area contributed by atoms with Crippen molar-refractivity contribution >= 4 is 29.0 Å². The number of anilines is 1. The van der Waals surface area contributed by atoms with E-state index in [4.69, 9.17) is 23.2 Å². The van der Waals surface area contributed by atoms with Crippen LogP contribution in [0.25, 0.3) is 11.3 Å². The molecule has 0 spiro atoms. The maximum atomic E-state index is 13.2. The van der Waals surface area contributed by atoms with Crippen LogP contribution in [-0.4, -0.2) is 17.0 Å². The molecule has 7 heteroatoms. The molecule has 1 N–H and O–H groups in total. The topological polar surface area (TPSA) is 37.8 Å². The summed E-state index contributed by atoms with van der Waals surface area (Å²) in [6.45, 7) is 0. The molecule has 0 radical (unpaired) electrons. The first-order chi connectivity index (χ1) is 8.51. The molecule has 18 heavy (non-hydrogen) atoms. The molecule has 0 aliphatic heterocycles. The van der Waals surface area contributed by atoms with Gasteiger partial charge in [-0.3, -0.25) is 0 Å². The van der Waals surface area contributed by atoms with E-state index in [1.54, 1.807) is 7.05 Å². The fourth-order valence-electron chi connectivity index (χ4n) is 1.40. The number of hydrogen-bond acceptors (Lipinski definition) is 3. The summed E-state index contributed by atoms with van der Waals surface area (Å²) in [5.74, 6) is -1.57. The summed E-state index contributed by atoms with van der Waals surface area (Å²) in [6, 6.07) is 3.39. The molecule has 1 aromatic heterocycles. The maximum Gasteiger partial charge on any atom is 0.224 e. The minimum Gasteiger partial charge on any atom is -0.373 e. The lowest BCUT2D eigenvalue weighted by Gasteiger charge is -2.07. The zero-order valence-electron chi connectivity index (χ0n) is 9.14. The Labute approximate surface area is 112 Å². The Hall–Kier alpha value is -1.46. The van der Waals surface area contributed by atoms with Crippen molar-refractivity contribution in [1.82, 2.24) is 9.97 Å². The number of halogens is 4. The monoisotopic (exact) mass is 289 g/mol. The third-order valence-electron chi connectivity index (χ3n) is 2.24. The molecule has 0 amide bonds. The van der Waals surface area contributed by atoms with Crippen molar-refractivity contribution in [2.75, 3.05) is 12.4 Å². The predicted octanol–water partition coefficient (Wildman–Crippen LogP) is 3.77. The number of nitrogens with zero attached hydrogens (tertiary/aromatic N) is 2. The predicted molar refractivity (Wildman–Crippen MR) is 67.0 cm³/mol. The first-order valence-electron chi connectivity index (χ1n) is 4.88. The van der Waals surface area contributed by atoms with Crippen LogP contribution in [0, 0.1) is 11.6 Å². The second-order valence-corrected chi connectivity index (χ2v) is 4.15. The van der Waals surface area contributed by atoms with E-state index in [0.717, 1.165) is 12.1 Å². The molecule has 0 bridgehead atoms. The summed E-state index contributed by atoms with van der Waals surface area (Å²) in [5.41, 5.74) is 0.555. The van der Waals surface area contributed by atoms with Gasteiger partial charge >= 0.3 is 0 Å². The molecule has 0 saturated heterocycles. The Balaban J connectivity index is 2.61. The lowest BCUT2D eigenvalue weighted by Crippen LogP contribution is -1.97. The van der Waals surface area contributed by atoms with Crippen LogP contribution in [0.15, 0.2) is 18.2 Å². The highest BCUT2D eigenvalue weighted by Gasteiger charge is 2.13. The van der Waals surface area contributed by atoms with Crippen molar-refractivity contribution in [1.29, 1.82) is 0 Å². The molecule has 3 nitrogen and oxygen atoms in total. The SMILES string of the molecule is CNc1cc(-c2cc(F)c(F)cc2Cl)nc(Cl)n1. The molecule has 1 heterocycles. The number of hydrogen-bond donors (Lipinski definition) is 1. The van der Waals surface area contributed by atoms with Crippen molar-refractivity contribution in [3.8, 4) is 11.3 Å². The number of aromatic nitrogens is 2. The summed E-state index contributed by atoms with van der Waals surface area (Å²) < 4.78 is 26.2. The summed E-state index contributed by atoms with van der Waals surface area (Å²) in [4.78, 5) is 7.80. The molecule has 0 fully saturated rings. The zero-order chi connectivity index (χ0) is 13.3. The second kappa shape index (κ2) is 5.04. The molecule has 2 rings (SSSR count). The van der Waals surface area contributed by atoms with Gasteiger partial charge in [-0.1, -0.05) is 11.6 Å². The Morgan fingerprint density at radius 3 is 2.39 bits per heavy atom. The van der Waals surface area contributed by atoms with Crippen LogP contribution < -0.4 is 5.32 Å². The molecule has 0 aliphatic carbocycles. The van der Waals surface area contributed by atoms with Gasteiger partial charge in [-0.2, -0.15) is 0 Å². The van der Waals surface area contributed by atoms with Gasteiger partial charge in [-0.05, 0) is 23.7 Å². The molecule has 0 atom stereocenters. The molecule has 0 unspecified atom stereocenters. The Kier molecular flexibility index (Phi) is 3.63. The van der Waals surface area contributed by atoms with E-state index in [0.29, 0.717) is 11.5 Å². The lowest BCUT2D eigenvalue weighted by atomic mass is 10.1. The Bertz CT molecular complexity index is 605. The normalized spacial score (nSPS) is 10.5. The Morgan fingerprint density at radius 2 is 1.72 bits per heavy atom. The van der Waals surface area contributed by atoms with Crippen LogP contribution in [-0.2, 0) is 0 Å². The highest BCUT2D eigenvalue weighted by atomic mass is 35.5. The molecule has 2 aromatic rings. The molecule has 1 aromatic carbocycles. The first kappa shape index (κ1) is 13.0. The minimum absolute atomic E-state index is 0.0161. The fourth-order valence-corrected chi connectivity index (χ4v) is 1.83. The van der Waals surface area contributed by atoms with Crippen molar-refractivity contribution in [2.24, 2.45) is 0 Å². The largest absolute Gasteiger partial charge is 0.373 e. The van der Waals surface area contributed by atoms with E-state index in [-0.39, 0.29) is 15.9 Å². The van der Waals surface area contributed by atoms with Crippen molar-refractivity contribution in [3.05, 3.63) is 40.1 Å². The van der Waals surface area contributed by atoms with Gasteiger partial charge in [0.15, 0.2) is 11.6 Å². The van der Waals surface area contributed by atoms with E-state index in [1.165, 1.54) is 6.07 Å². The average molecular weight is 290 g/mol. The van der Waals surface area contributed by atoms with E-state index in [9.17, 15) is 8.78 Å². The van der Waals surface area contributed by atoms with Crippen LogP contribution in [0.4, 0.5) is 14.6 Å². The summed E-state index contributed by atoms with van der Waals surface area (Å²) in [7, 11) is 1.65. The smallest absolute Gasteiger partial charge is 0.224 e. The van der Waals surface area contributed by atoms with E-state index in [2.05, 4.69) is 15.3 Å². The van der Waals surface area contributed by atoms with Crippen LogP contribution in [0.3, 0.4) is 0 Å². The van der Waals surface area contributed by atoms with Crippen molar-refractivity contribution in [3.63, 3.8) is 0 Å². The van der Waals surface area contributed by atoms with Gasteiger partial charge in [-0.25, -0.2) is 18.7 Å². The van der Waals surface area contributed by atoms with Gasteiger partial charge in [0, 0.05) is 18.7 Å². The summed E-state index contributed by atoms with van der Waals surface area (Å²) in [5, 5.41) is 2.81. The van der Waals surface area contributed by atoms with Crippen LogP contribution in [0.1, 0.15) is 0 Å². The fraction of sp³-hybridized carbons (Fsp3) is 0.0909. The minimum atomic E-state index is -1.02. The maximum absolute atomic E-state index is 13.2. The number of benzene rings is 1. The quantitative estimate of drug-likeness (QED) is 0.675. The van der Waals surface area contributed by atoms with Crippen LogP contribution >= 0.6 is 23.2 Å². The molecule has 0 aliphatic rings. The van der Waals surface area contributed by atoms with Gasteiger partial charge in [0.2, 0.25) is 5.28 Å². The first-order valence-corrected chi connectivity index (χ1v) is 5.64. The van der Waals surface area contributed by atoms with E-state index < -0.39 is 11.6 Å². The third-order valence-corrected chi connectivity index (χ3v) is 2.72. The standard InChI is InChI=1S/C11H7Cl2F2N3/c1-16-10-4-9(17-11(13)18-10)5-2-7(14)8(15)3-6(5)12/h2-4H,1H3,(H,16,17,18). The van der Waals surface area contributed by atoms with E-state index >= 15 is 0 Å². The number of rotatable bonds is 2. The highest BCUT2D eigenvalue weighted by molar-refractivity contribution is 6.33. The second-order valence-electron chi connectivity index (χ2n) is 3.40. The highest BCUT2D eigenvalue weighted by Crippen LogP contribution is 2.30. The zero-order valence-corrected chi connectivity index (χ0v) is 10.7. The van der Waals surface area contributed by atoms with Gasteiger partial charge in [0.1, 0.15) is 5.82 Å². The number of nitrogens with one attached hydrogen (secondary N) is 1. The van der Waals surface area contributed by atoms with Gasteiger partial charge in [0.25, 0.3) is 0 Å². The molecular formula is C11H7Cl2F2N3. The molecule has 94 valence electrons. The average Bonchev–Trinajstić information content (AvgIpc) is 2.33. The Morgan fingerprint density at radius 1 is 1.06 bits per heavy atom. The van der Waals surface area contributed by atoms with Crippen LogP contribution in [0.5, 0.6) is 0 Å². The van der Waals surface area contributed by atoms with Crippen LogP contribution in [0.2, 0.25) is 10.3 Å². The van der Waals surface area contributed by atoms with Gasteiger partial charge < -0.3 is 5.32 Å². The van der Waals surface area contributed by atoms with E-state index in [1.807, 2.05) is 0 Å². The van der Waals surface area contributed by atoms with Gasteiger partial charge in [0.05, 0.1) is 10.7 Å². The lowest BCUT2D eigenvalue weighted by molar-refractivity contribution is 0.509.